The molecule has 0 N–H and O–H groups in total. The van der Waals surface area contributed by atoms with E-state index in [1.807, 2.05) is 28.7 Å². The molecule has 2 aromatic carbocycles. The highest BCUT2D eigenvalue weighted by Crippen LogP contribution is 2.30. The van der Waals surface area contributed by atoms with Gasteiger partial charge in [0.15, 0.2) is 5.78 Å². The van der Waals surface area contributed by atoms with Crippen molar-refractivity contribution in [3.05, 3.63) is 67.0 Å². The van der Waals surface area contributed by atoms with Gasteiger partial charge < -0.3 is 0 Å². The van der Waals surface area contributed by atoms with E-state index in [9.17, 15) is 14.4 Å². The third-order valence-corrected chi connectivity index (χ3v) is 4.79. The van der Waals surface area contributed by atoms with Crippen molar-refractivity contribution in [1.82, 2.24) is 0 Å². The third-order valence-electron chi connectivity index (χ3n) is 2.88. The molecular formula is C15H7Cl2FINO. The van der Waals surface area contributed by atoms with Crippen molar-refractivity contribution in [3.8, 4) is 6.07 Å². The Morgan fingerprint density at radius 1 is 1.24 bits per heavy atom. The summed E-state index contributed by atoms with van der Waals surface area (Å²) in [5, 5.41) is 9.70. The summed E-state index contributed by atoms with van der Waals surface area (Å²) in [6.07, 6.45) is 0. The number of rotatable bonds is 3. The van der Waals surface area contributed by atoms with Gasteiger partial charge in [-0.15, -0.1) is 0 Å². The number of Topliss-reactive ketones (excluding diaryl/α,β-unsaturated/α-hetero) is 1. The van der Waals surface area contributed by atoms with Crippen molar-refractivity contribution in [1.29, 1.82) is 5.26 Å². The minimum atomic E-state index is -1.31. The van der Waals surface area contributed by atoms with Crippen molar-refractivity contribution >= 4 is 51.6 Å². The third kappa shape index (κ3) is 3.37. The number of nitrogens with zero attached hydrogens (tertiary/aromatic N) is 1. The number of hydrogen-bond donors (Lipinski definition) is 0. The maximum atomic E-state index is 13.9. The second-order valence-corrected chi connectivity index (χ2v) is 6.17. The van der Waals surface area contributed by atoms with Gasteiger partial charge in [0, 0.05) is 19.7 Å². The lowest BCUT2D eigenvalue weighted by Gasteiger charge is -2.12. The predicted octanol–water partition coefficient (Wildman–Crippen LogP) is 5.23. The van der Waals surface area contributed by atoms with E-state index >= 15 is 0 Å². The van der Waals surface area contributed by atoms with Crippen LogP contribution < -0.4 is 0 Å². The average molecular weight is 434 g/mol. The number of carbonyl (C=O) groups is 1. The molecule has 0 fully saturated rings. The van der Waals surface area contributed by atoms with E-state index in [1.165, 1.54) is 24.3 Å². The molecule has 1 atom stereocenters. The SMILES string of the molecule is N#CC(C(=O)c1ccc(I)c(Cl)c1)c1c(F)cccc1Cl. The standard InChI is InChI=1S/C15H7Cl2FINO/c16-10-2-1-3-12(18)14(10)9(7-20)15(21)8-4-5-13(19)11(17)6-8/h1-6,9H. The first-order chi connectivity index (χ1) is 9.95. The van der Waals surface area contributed by atoms with Gasteiger partial charge in [-0.1, -0.05) is 35.3 Å². The number of ketones is 1. The Morgan fingerprint density at radius 3 is 2.52 bits per heavy atom. The number of hydrogen-bond acceptors (Lipinski definition) is 2. The molecule has 0 amide bonds. The van der Waals surface area contributed by atoms with E-state index in [0.717, 1.165) is 3.57 Å². The summed E-state index contributed by atoms with van der Waals surface area (Å²) in [5.41, 5.74) is 0.132. The highest BCUT2D eigenvalue weighted by atomic mass is 127. The van der Waals surface area contributed by atoms with Gasteiger partial charge >= 0.3 is 0 Å². The average Bonchev–Trinajstić information content (AvgIpc) is 2.45. The van der Waals surface area contributed by atoms with Gasteiger partial charge in [0.2, 0.25) is 0 Å². The Balaban J connectivity index is 2.49. The van der Waals surface area contributed by atoms with E-state index in [-0.39, 0.29) is 16.1 Å². The first kappa shape index (κ1) is 16.2. The highest BCUT2D eigenvalue weighted by molar-refractivity contribution is 14.1. The fourth-order valence-corrected chi connectivity index (χ4v) is 2.64. The van der Waals surface area contributed by atoms with E-state index in [0.29, 0.717) is 5.02 Å². The molecule has 0 aliphatic heterocycles. The molecule has 0 aliphatic rings. The highest BCUT2D eigenvalue weighted by Gasteiger charge is 2.27. The molecule has 0 aromatic heterocycles. The van der Waals surface area contributed by atoms with Gasteiger partial charge in [0.05, 0.1) is 11.1 Å². The Bertz CT molecular complexity index is 738. The second-order valence-electron chi connectivity index (χ2n) is 4.19. The molecule has 2 rings (SSSR count). The molecule has 0 radical (unpaired) electrons. The lowest BCUT2D eigenvalue weighted by atomic mass is 9.91. The van der Waals surface area contributed by atoms with Gasteiger partial charge in [-0.05, 0) is 46.9 Å². The molecule has 0 saturated carbocycles. The van der Waals surface area contributed by atoms with Crippen molar-refractivity contribution in [2.75, 3.05) is 0 Å². The van der Waals surface area contributed by atoms with Crippen LogP contribution in [0.5, 0.6) is 0 Å². The Morgan fingerprint density at radius 2 is 1.95 bits per heavy atom. The van der Waals surface area contributed by atoms with Gasteiger partial charge in [-0.25, -0.2) is 4.39 Å². The molecule has 2 aromatic rings. The molecule has 0 bridgehead atoms. The Kier molecular flexibility index (Phi) is 5.20. The molecule has 2 nitrogen and oxygen atoms in total. The molecule has 0 saturated heterocycles. The van der Waals surface area contributed by atoms with Gasteiger partial charge in [-0.2, -0.15) is 5.26 Å². The Labute approximate surface area is 144 Å². The first-order valence-corrected chi connectivity index (χ1v) is 7.62. The van der Waals surface area contributed by atoms with Crippen LogP contribution in [0.1, 0.15) is 21.8 Å². The fourth-order valence-electron chi connectivity index (χ4n) is 1.86. The summed E-state index contributed by atoms with van der Waals surface area (Å²) >= 11 is 13.9. The number of carbonyl (C=O) groups excluding carboxylic acids is 1. The fraction of sp³-hybridized carbons (Fsp3) is 0.0667. The lowest BCUT2D eigenvalue weighted by Crippen LogP contribution is -2.13. The van der Waals surface area contributed by atoms with E-state index in [1.54, 1.807) is 12.1 Å². The zero-order chi connectivity index (χ0) is 15.6. The van der Waals surface area contributed by atoms with E-state index in [2.05, 4.69) is 0 Å². The van der Waals surface area contributed by atoms with Crippen molar-refractivity contribution < 1.29 is 9.18 Å². The molecule has 6 heteroatoms. The zero-order valence-corrected chi connectivity index (χ0v) is 14.1. The molecule has 21 heavy (non-hydrogen) atoms. The topological polar surface area (TPSA) is 40.9 Å². The summed E-state index contributed by atoms with van der Waals surface area (Å²) in [4.78, 5) is 12.4. The summed E-state index contributed by atoms with van der Waals surface area (Å²) in [7, 11) is 0. The molecule has 0 aliphatic carbocycles. The number of benzene rings is 2. The quantitative estimate of drug-likeness (QED) is 0.491. The Hall–Kier alpha value is -1.16. The predicted molar refractivity (Wildman–Crippen MR) is 88.3 cm³/mol. The molecule has 0 spiro atoms. The normalized spacial score (nSPS) is 11.8. The van der Waals surface area contributed by atoms with Crippen LogP contribution in [-0.2, 0) is 0 Å². The minimum absolute atomic E-state index is 0.0477. The van der Waals surface area contributed by atoms with Crippen LogP contribution in [0.3, 0.4) is 0 Å². The number of halogens is 4. The summed E-state index contributed by atoms with van der Waals surface area (Å²) in [5.74, 6) is -2.53. The number of nitriles is 1. The smallest absolute Gasteiger partial charge is 0.184 e. The maximum Gasteiger partial charge on any atom is 0.184 e. The summed E-state index contributed by atoms with van der Waals surface area (Å²) in [6, 6.07) is 10.5. The van der Waals surface area contributed by atoms with E-state index in [4.69, 9.17) is 23.2 Å². The molecule has 106 valence electrons. The van der Waals surface area contributed by atoms with Crippen molar-refractivity contribution in [2.24, 2.45) is 0 Å². The van der Waals surface area contributed by atoms with Crippen LogP contribution in [0.15, 0.2) is 36.4 Å². The molecular weight excluding hydrogens is 427 g/mol. The van der Waals surface area contributed by atoms with Gasteiger partial charge in [-0.3, -0.25) is 4.79 Å². The van der Waals surface area contributed by atoms with Crippen LogP contribution in [0.4, 0.5) is 4.39 Å². The van der Waals surface area contributed by atoms with Crippen LogP contribution in [-0.4, -0.2) is 5.78 Å². The largest absolute Gasteiger partial charge is 0.292 e. The monoisotopic (exact) mass is 433 g/mol. The molecule has 0 heterocycles. The van der Waals surface area contributed by atoms with Crippen molar-refractivity contribution in [3.63, 3.8) is 0 Å². The van der Waals surface area contributed by atoms with E-state index < -0.39 is 17.5 Å². The van der Waals surface area contributed by atoms with Crippen LogP contribution in [0, 0.1) is 20.7 Å². The summed E-state index contributed by atoms with van der Waals surface area (Å²) < 4.78 is 14.7. The maximum absolute atomic E-state index is 13.9. The summed E-state index contributed by atoms with van der Waals surface area (Å²) in [6.45, 7) is 0. The lowest BCUT2D eigenvalue weighted by molar-refractivity contribution is 0.0977. The van der Waals surface area contributed by atoms with Gasteiger partial charge in [0.25, 0.3) is 0 Å². The second kappa shape index (κ2) is 6.73. The van der Waals surface area contributed by atoms with Gasteiger partial charge in [0.1, 0.15) is 11.7 Å². The first-order valence-electron chi connectivity index (χ1n) is 5.78. The van der Waals surface area contributed by atoms with Crippen molar-refractivity contribution in [2.45, 2.75) is 5.92 Å². The zero-order valence-electron chi connectivity index (χ0n) is 10.4. The van der Waals surface area contributed by atoms with Crippen LogP contribution in [0.25, 0.3) is 0 Å². The van der Waals surface area contributed by atoms with Crippen LogP contribution >= 0.6 is 45.8 Å². The molecule has 1 unspecified atom stereocenters. The minimum Gasteiger partial charge on any atom is -0.292 e. The van der Waals surface area contributed by atoms with Crippen LogP contribution in [0.2, 0.25) is 10.0 Å².